The van der Waals surface area contributed by atoms with E-state index in [1.807, 2.05) is 0 Å². The fourth-order valence-electron chi connectivity index (χ4n) is 3.45. The van der Waals surface area contributed by atoms with E-state index in [2.05, 4.69) is 19.8 Å². The maximum absolute atomic E-state index is 11.1. The number of rotatable bonds is 11. The summed E-state index contributed by atoms with van der Waals surface area (Å²) >= 11 is 0. The molecule has 1 aliphatic rings. The zero-order valence-electron chi connectivity index (χ0n) is 19.4. The number of likely N-dealkylation sites (tertiary alicyclic amines) is 1. The number of phosphoric acid groups is 1. The van der Waals surface area contributed by atoms with Crippen molar-refractivity contribution in [2.45, 2.75) is 32.3 Å². The molecule has 2 aromatic rings. The Morgan fingerprint density at radius 1 is 1.23 bits per heavy atom. The number of hydrogen-bond acceptors (Lipinski definition) is 9. The highest BCUT2D eigenvalue weighted by Gasteiger charge is 2.25. The van der Waals surface area contributed by atoms with Gasteiger partial charge in [-0.1, -0.05) is 0 Å². The van der Waals surface area contributed by atoms with Gasteiger partial charge in [-0.3, -0.25) is 4.52 Å². The number of nitrogens with one attached hydrogen (secondary N) is 1. The molecule has 0 atom stereocenters. The summed E-state index contributed by atoms with van der Waals surface area (Å²) in [5.74, 6) is 1.70. The van der Waals surface area contributed by atoms with Crippen LogP contribution < -0.4 is 19.5 Å². The Bertz CT molecular complexity index is 1060. The molecule has 0 saturated carbocycles. The number of amides is 1. The van der Waals surface area contributed by atoms with Crippen LogP contribution in [0.2, 0.25) is 0 Å². The van der Waals surface area contributed by atoms with E-state index in [1.165, 1.54) is 12.0 Å². The largest absolute Gasteiger partial charge is 0.490 e. The molecule has 3 rings (SSSR count). The molecule has 0 aliphatic carbocycles. The van der Waals surface area contributed by atoms with Crippen molar-refractivity contribution in [2.24, 2.45) is 0 Å². The minimum Gasteiger partial charge on any atom is -0.490 e. The predicted molar refractivity (Wildman–Crippen MR) is 124 cm³/mol. The Hall–Kier alpha value is -3.12. The molecule has 0 aromatic carbocycles. The van der Waals surface area contributed by atoms with Crippen LogP contribution in [0, 0.1) is 6.92 Å². The fourth-order valence-corrected chi connectivity index (χ4v) is 3.82. The van der Waals surface area contributed by atoms with Gasteiger partial charge in [0.1, 0.15) is 6.10 Å². The maximum Gasteiger partial charge on any atom is 0.469 e. The second-order valence-corrected chi connectivity index (χ2v) is 8.95. The number of phosphoric ester groups is 1. The van der Waals surface area contributed by atoms with Crippen molar-refractivity contribution in [2.75, 3.05) is 38.7 Å². The van der Waals surface area contributed by atoms with E-state index in [-0.39, 0.29) is 25.7 Å². The third-order valence-electron chi connectivity index (χ3n) is 5.19. The van der Waals surface area contributed by atoms with E-state index in [0.29, 0.717) is 60.5 Å². The average Bonchev–Trinajstić information content (AvgIpc) is 2.80. The van der Waals surface area contributed by atoms with Gasteiger partial charge in [-0.25, -0.2) is 19.3 Å². The molecule has 2 aromatic heterocycles. The van der Waals surface area contributed by atoms with Crippen LogP contribution in [0.25, 0.3) is 0 Å². The third kappa shape index (κ3) is 7.96. The molecule has 0 radical (unpaired) electrons. The number of methoxy groups -OCH3 is 1. The lowest BCUT2D eigenvalue weighted by molar-refractivity contribution is 0.0878. The highest BCUT2D eigenvalue weighted by atomic mass is 31.2. The summed E-state index contributed by atoms with van der Waals surface area (Å²) in [5, 5.41) is 12.3. The van der Waals surface area contributed by atoms with E-state index >= 15 is 0 Å². The SMILES string of the molecule is COc1c(OC2CCN(C(=O)O)CC2)ccnc1Nc1ccc(OCCCOP(=O)(O)O)nc1C. The molecular weight excluding hydrogens is 483 g/mol. The van der Waals surface area contributed by atoms with Gasteiger partial charge in [0.05, 0.1) is 31.7 Å². The highest BCUT2D eigenvalue weighted by molar-refractivity contribution is 7.46. The van der Waals surface area contributed by atoms with Crippen LogP contribution in [0.1, 0.15) is 25.0 Å². The molecule has 1 aliphatic heterocycles. The van der Waals surface area contributed by atoms with E-state index in [1.54, 1.807) is 31.3 Å². The first-order valence-corrected chi connectivity index (χ1v) is 12.4. The van der Waals surface area contributed by atoms with E-state index in [4.69, 9.17) is 29.1 Å². The van der Waals surface area contributed by atoms with Gasteiger partial charge in [-0.05, 0) is 13.0 Å². The lowest BCUT2D eigenvalue weighted by atomic mass is 10.1. The summed E-state index contributed by atoms with van der Waals surface area (Å²) in [5.41, 5.74) is 1.30. The quantitative estimate of drug-likeness (QED) is 0.256. The molecule has 192 valence electrons. The Morgan fingerprint density at radius 2 is 1.97 bits per heavy atom. The minimum absolute atomic E-state index is 0.133. The molecule has 1 amide bonds. The van der Waals surface area contributed by atoms with Crippen molar-refractivity contribution in [1.82, 2.24) is 14.9 Å². The van der Waals surface area contributed by atoms with Crippen molar-refractivity contribution in [1.29, 1.82) is 0 Å². The number of pyridine rings is 2. The van der Waals surface area contributed by atoms with Crippen LogP contribution in [0.4, 0.5) is 16.3 Å². The molecule has 0 spiro atoms. The molecular formula is C21H29N4O9P. The van der Waals surface area contributed by atoms with Crippen molar-refractivity contribution < 1.29 is 43.0 Å². The first kappa shape index (κ1) is 26.5. The van der Waals surface area contributed by atoms with Crippen LogP contribution in [0.3, 0.4) is 0 Å². The molecule has 0 unspecified atom stereocenters. The summed E-state index contributed by atoms with van der Waals surface area (Å²) in [6, 6.07) is 5.12. The van der Waals surface area contributed by atoms with Crippen molar-refractivity contribution in [3.8, 4) is 17.4 Å². The second-order valence-electron chi connectivity index (χ2n) is 7.71. The monoisotopic (exact) mass is 512 g/mol. The molecule has 1 fully saturated rings. The summed E-state index contributed by atoms with van der Waals surface area (Å²) in [6.07, 6.45) is 1.97. The Morgan fingerprint density at radius 3 is 2.60 bits per heavy atom. The number of carbonyl (C=O) groups is 1. The van der Waals surface area contributed by atoms with Crippen LogP contribution in [-0.2, 0) is 9.09 Å². The zero-order chi connectivity index (χ0) is 25.4. The Labute approximate surface area is 202 Å². The zero-order valence-corrected chi connectivity index (χ0v) is 20.3. The summed E-state index contributed by atoms with van der Waals surface area (Å²) in [6.45, 7) is 2.66. The summed E-state index contributed by atoms with van der Waals surface area (Å²) < 4.78 is 32.2. The number of ether oxygens (including phenoxy) is 3. The number of piperidine rings is 1. The Balaban J connectivity index is 1.60. The van der Waals surface area contributed by atoms with Gasteiger partial charge in [0, 0.05) is 50.7 Å². The first-order valence-electron chi connectivity index (χ1n) is 10.9. The third-order valence-corrected chi connectivity index (χ3v) is 5.71. The van der Waals surface area contributed by atoms with Gasteiger partial charge in [0.15, 0.2) is 11.6 Å². The number of aromatic nitrogens is 2. The highest BCUT2D eigenvalue weighted by Crippen LogP contribution is 2.37. The maximum atomic E-state index is 11.1. The lowest BCUT2D eigenvalue weighted by Crippen LogP contribution is -2.41. The van der Waals surface area contributed by atoms with E-state index in [0.717, 1.165) is 0 Å². The smallest absolute Gasteiger partial charge is 0.469 e. The number of aryl methyl sites for hydroxylation is 1. The first-order chi connectivity index (χ1) is 16.7. The van der Waals surface area contributed by atoms with Gasteiger partial charge in [0.2, 0.25) is 11.6 Å². The van der Waals surface area contributed by atoms with E-state index < -0.39 is 13.9 Å². The summed E-state index contributed by atoms with van der Waals surface area (Å²) in [7, 11) is -2.97. The average molecular weight is 512 g/mol. The number of nitrogens with zero attached hydrogens (tertiary/aromatic N) is 3. The molecule has 1 saturated heterocycles. The molecule has 35 heavy (non-hydrogen) atoms. The molecule has 14 heteroatoms. The number of anilines is 2. The van der Waals surface area contributed by atoms with Crippen LogP contribution >= 0.6 is 7.82 Å². The molecule has 13 nitrogen and oxygen atoms in total. The normalized spacial score (nSPS) is 14.5. The van der Waals surface area contributed by atoms with Gasteiger partial charge < -0.3 is 39.3 Å². The Kier molecular flexibility index (Phi) is 9.10. The molecule has 3 heterocycles. The van der Waals surface area contributed by atoms with Gasteiger partial charge in [-0.15, -0.1) is 0 Å². The number of hydrogen-bond donors (Lipinski definition) is 4. The van der Waals surface area contributed by atoms with Crippen molar-refractivity contribution in [3.05, 3.63) is 30.1 Å². The second kappa shape index (κ2) is 12.0. The fraction of sp³-hybridized carbons (Fsp3) is 0.476. The minimum atomic E-state index is -4.48. The van der Waals surface area contributed by atoms with Crippen molar-refractivity contribution in [3.63, 3.8) is 0 Å². The predicted octanol–water partition coefficient (Wildman–Crippen LogP) is 2.94. The van der Waals surface area contributed by atoms with Gasteiger partial charge in [0.25, 0.3) is 0 Å². The number of carboxylic acid groups (broad SMARTS) is 1. The summed E-state index contributed by atoms with van der Waals surface area (Å²) in [4.78, 5) is 38.5. The van der Waals surface area contributed by atoms with Crippen LogP contribution in [0.5, 0.6) is 17.4 Å². The lowest BCUT2D eigenvalue weighted by Gasteiger charge is -2.30. The van der Waals surface area contributed by atoms with Crippen molar-refractivity contribution >= 4 is 25.4 Å². The van der Waals surface area contributed by atoms with E-state index in [9.17, 15) is 9.36 Å². The van der Waals surface area contributed by atoms with Gasteiger partial charge >= 0.3 is 13.9 Å². The standard InChI is InChI=1S/C21H29N4O9P/c1-14-16(4-5-18(23-14)32-12-3-13-33-35(28,29)30)24-20-19(31-2)17(6-9-22-20)34-15-7-10-25(11-8-15)21(26)27/h4-6,9,15H,3,7-8,10-13H2,1-2H3,(H,22,24)(H,26,27)(H2,28,29,30). The van der Waals surface area contributed by atoms with Crippen LogP contribution in [0.15, 0.2) is 24.4 Å². The van der Waals surface area contributed by atoms with Crippen LogP contribution in [-0.4, -0.2) is 75.4 Å². The van der Waals surface area contributed by atoms with Gasteiger partial charge in [-0.2, -0.15) is 0 Å². The molecule has 4 N–H and O–H groups in total. The topological polar surface area (TPSA) is 173 Å². The molecule has 0 bridgehead atoms.